The second-order valence-electron chi connectivity index (χ2n) is 10.3. The van der Waals surface area contributed by atoms with Crippen molar-refractivity contribution in [3.63, 3.8) is 0 Å². The zero-order valence-corrected chi connectivity index (χ0v) is 24.5. The Kier molecular flexibility index (Phi) is 11.2. The van der Waals surface area contributed by atoms with Crippen LogP contribution >= 0.6 is 24.8 Å². The number of nitrogens with two attached hydrogens (primary N) is 1. The highest BCUT2D eigenvalue weighted by Crippen LogP contribution is 2.34. The number of amides is 2. The number of hydrogen-bond acceptors (Lipinski definition) is 4. The molecule has 0 unspecified atom stereocenters. The molecule has 0 spiro atoms. The van der Waals surface area contributed by atoms with Crippen LogP contribution in [0.5, 0.6) is 11.5 Å². The fraction of sp³-hybridized carbons (Fsp3) is 0.367. The molecule has 2 N–H and O–H groups in total. The highest BCUT2D eigenvalue weighted by Gasteiger charge is 2.24. The summed E-state index contributed by atoms with van der Waals surface area (Å²) in [4.78, 5) is 17.9. The van der Waals surface area contributed by atoms with E-state index in [0.29, 0.717) is 36.9 Å². The summed E-state index contributed by atoms with van der Waals surface area (Å²) < 4.78 is 45.9. The van der Waals surface area contributed by atoms with Crippen molar-refractivity contribution in [2.45, 2.75) is 32.2 Å². The lowest BCUT2D eigenvalue weighted by atomic mass is 9.86. The fourth-order valence-corrected chi connectivity index (χ4v) is 5.48. The van der Waals surface area contributed by atoms with Crippen molar-refractivity contribution in [3.8, 4) is 11.5 Å². The SMILES string of the molecule is Cc1ccc(N2CCN(C(N)=O)CC2)cc1C1CCN(Cc2ccc(Oc3cc(F)c(F)cc3F)cc2)CC1.Cl.Cl. The number of primary amides is 1. The summed E-state index contributed by atoms with van der Waals surface area (Å²) >= 11 is 0. The van der Waals surface area contributed by atoms with Crippen LogP contribution in [-0.4, -0.2) is 55.1 Å². The van der Waals surface area contributed by atoms with Gasteiger partial charge in [0.05, 0.1) is 0 Å². The van der Waals surface area contributed by atoms with Gasteiger partial charge >= 0.3 is 6.03 Å². The van der Waals surface area contributed by atoms with Crippen LogP contribution in [0.15, 0.2) is 54.6 Å². The van der Waals surface area contributed by atoms with E-state index in [-0.39, 0.29) is 36.6 Å². The van der Waals surface area contributed by atoms with Gasteiger partial charge in [-0.25, -0.2) is 18.0 Å². The maximum atomic E-state index is 13.9. The third-order valence-corrected chi connectivity index (χ3v) is 7.78. The molecule has 0 radical (unpaired) electrons. The fourth-order valence-electron chi connectivity index (χ4n) is 5.48. The van der Waals surface area contributed by atoms with Gasteiger partial charge in [0, 0.05) is 50.5 Å². The van der Waals surface area contributed by atoms with Gasteiger partial charge in [0.2, 0.25) is 0 Å². The largest absolute Gasteiger partial charge is 0.454 e. The van der Waals surface area contributed by atoms with Crippen LogP contribution in [0.2, 0.25) is 0 Å². The Bertz CT molecular complexity index is 1330. The number of benzene rings is 3. The summed E-state index contributed by atoms with van der Waals surface area (Å²) in [5, 5.41) is 0. The molecule has 2 heterocycles. The predicted molar refractivity (Wildman–Crippen MR) is 159 cm³/mol. The topological polar surface area (TPSA) is 62.0 Å². The molecule has 0 atom stereocenters. The van der Waals surface area contributed by atoms with E-state index in [1.54, 1.807) is 17.0 Å². The minimum atomic E-state index is -1.25. The van der Waals surface area contributed by atoms with Crippen LogP contribution in [0, 0.1) is 24.4 Å². The highest BCUT2D eigenvalue weighted by molar-refractivity contribution is 5.85. The van der Waals surface area contributed by atoms with E-state index in [1.165, 1.54) is 16.8 Å². The molecule has 222 valence electrons. The number of carbonyl (C=O) groups is 1. The number of rotatable bonds is 6. The first-order valence-corrected chi connectivity index (χ1v) is 13.3. The second-order valence-corrected chi connectivity index (χ2v) is 10.3. The van der Waals surface area contributed by atoms with Crippen molar-refractivity contribution in [2.24, 2.45) is 5.73 Å². The number of hydrogen-bond donors (Lipinski definition) is 1. The van der Waals surface area contributed by atoms with E-state index < -0.39 is 17.5 Å². The number of likely N-dealkylation sites (tertiary alicyclic amines) is 1. The number of aryl methyl sites for hydroxylation is 1. The molecular weight excluding hydrogens is 576 g/mol. The van der Waals surface area contributed by atoms with E-state index in [9.17, 15) is 18.0 Å². The van der Waals surface area contributed by atoms with Crippen molar-refractivity contribution < 1.29 is 22.7 Å². The molecular formula is C30H35Cl2F3N4O2. The predicted octanol–water partition coefficient (Wildman–Crippen LogP) is 6.63. The smallest absolute Gasteiger partial charge is 0.314 e. The summed E-state index contributed by atoms with van der Waals surface area (Å²) in [5.41, 5.74) is 10.4. The molecule has 0 bridgehead atoms. The van der Waals surface area contributed by atoms with Gasteiger partial charge in [0.25, 0.3) is 0 Å². The average molecular weight is 612 g/mol. The van der Waals surface area contributed by atoms with Gasteiger partial charge in [0.1, 0.15) is 5.75 Å². The number of anilines is 1. The quantitative estimate of drug-likeness (QED) is 0.318. The van der Waals surface area contributed by atoms with Crippen LogP contribution in [0.3, 0.4) is 0 Å². The van der Waals surface area contributed by atoms with E-state index >= 15 is 0 Å². The number of carbonyl (C=O) groups excluding carboxylic acids is 1. The zero-order valence-electron chi connectivity index (χ0n) is 22.8. The number of nitrogens with zero attached hydrogens (tertiary/aromatic N) is 3. The Morgan fingerprint density at radius 2 is 1.49 bits per heavy atom. The molecule has 2 aliphatic heterocycles. The maximum Gasteiger partial charge on any atom is 0.314 e. The monoisotopic (exact) mass is 610 g/mol. The molecule has 3 aromatic rings. The Hall–Kier alpha value is -3.14. The first-order chi connectivity index (χ1) is 18.8. The molecule has 0 saturated carbocycles. The lowest BCUT2D eigenvalue weighted by molar-refractivity contribution is 0.203. The number of halogens is 5. The standard InChI is InChI=1S/C30H33F3N4O2.2ClH/c1-20-2-5-23(36-12-14-37(15-13-36)30(34)38)16-25(20)22-8-10-35(11-9-22)19-21-3-6-24(7-4-21)39-29-18-27(32)26(31)17-28(29)33;;/h2-7,16-18,22H,8-15,19H2,1H3,(H2,34,38);2*1H. The van der Waals surface area contributed by atoms with Gasteiger partial charge in [-0.2, -0.15) is 0 Å². The summed E-state index contributed by atoms with van der Waals surface area (Å²) in [7, 11) is 0. The van der Waals surface area contributed by atoms with Gasteiger partial charge in [0.15, 0.2) is 23.2 Å². The van der Waals surface area contributed by atoms with Crippen molar-refractivity contribution in [3.05, 3.63) is 88.7 Å². The van der Waals surface area contributed by atoms with E-state index in [2.05, 4.69) is 34.9 Å². The lowest BCUT2D eigenvalue weighted by Crippen LogP contribution is -2.50. The van der Waals surface area contributed by atoms with Crippen molar-refractivity contribution >= 4 is 36.5 Å². The lowest BCUT2D eigenvalue weighted by Gasteiger charge is -2.36. The molecule has 2 aliphatic rings. The third kappa shape index (κ3) is 7.78. The maximum absolute atomic E-state index is 13.9. The Labute approximate surface area is 251 Å². The molecule has 3 aromatic carbocycles. The Balaban J connectivity index is 0.00000231. The first-order valence-electron chi connectivity index (χ1n) is 13.3. The molecule has 0 aliphatic carbocycles. The average Bonchev–Trinajstić information content (AvgIpc) is 2.93. The zero-order chi connectivity index (χ0) is 27.5. The normalized spacial score (nSPS) is 16.1. The van der Waals surface area contributed by atoms with Gasteiger partial charge in [-0.3, -0.25) is 4.90 Å². The molecule has 0 aromatic heterocycles. The molecule has 6 nitrogen and oxygen atoms in total. The minimum absolute atomic E-state index is 0. The first kappa shape index (κ1) is 32.4. The summed E-state index contributed by atoms with van der Waals surface area (Å²) in [6.45, 7) is 7.76. The van der Waals surface area contributed by atoms with Crippen molar-refractivity contribution in [1.82, 2.24) is 9.80 Å². The van der Waals surface area contributed by atoms with E-state index in [4.69, 9.17) is 10.5 Å². The van der Waals surface area contributed by atoms with Crippen molar-refractivity contribution in [1.29, 1.82) is 0 Å². The van der Waals surface area contributed by atoms with Crippen LogP contribution in [0.25, 0.3) is 0 Å². The molecule has 2 amide bonds. The summed E-state index contributed by atoms with van der Waals surface area (Å²) in [6.07, 6.45) is 2.13. The molecule has 2 saturated heterocycles. The number of piperazine rings is 1. The van der Waals surface area contributed by atoms with E-state index in [1.807, 2.05) is 12.1 Å². The minimum Gasteiger partial charge on any atom is -0.454 e. The van der Waals surface area contributed by atoms with E-state index in [0.717, 1.165) is 51.1 Å². The number of piperidine rings is 1. The van der Waals surface area contributed by atoms with Crippen molar-refractivity contribution in [2.75, 3.05) is 44.2 Å². The summed E-state index contributed by atoms with van der Waals surface area (Å²) in [6, 6.07) is 14.8. The molecule has 5 rings (SSSR count). The van der Waals surface area contributed by atoms with Gasteiger partial charge < -0.3 is 20.3 Å². The Morgan fingerprint density at radius 3 is 2.12 bits per heavy atom. The molecule has 11 heteroatoms. The van der Waals surface area contributed by atoms with Gasteiger partial charge in [-0.15, -0.1) is 24.8 Å². The second kappa shape index (κ2) is 14.2. The van der Waals surface area contributed by atoms with Gasteiger partial charge in [-0.1, -0.05) is 18.2 Å². The van der Waals surface area contributed by atoms with Crippen LogP contribution in [0.4, 0.5) is 23.7 Å². The molecule has 41 heavy (non-hydrogen) atoms. The van der Waals surface area contributed by atoms with Crippen LogP contribution in [0.1, 0.15) is 35.4 Å². The van der Waals surface area contributed by atoms with Crippen LogP contribution in [-0.2, 0) is 6.54 Å². The number of ether oxygens (including phenoxy) is 1. The van der Waals surface area contributed by atoms with Gasteiger partial charge in [-0.05, 0) is 79.7 Å². The third-order valence-electron chi connectivity index (χ3n) is 7.78. The highest BCUT2D eigenvalue weighted by atomic mass is 35.5. The summed E-state index contributed by atoms with van der Waals surface area (Å²) in [5.74, 6) is -2.86. The molecule has 2 fully saturated rings. The number of urea groups is 1. The van der Waals surface area contributed by atoms with Crippen LogP contribution < -0.4 is 15.4 Å². The Morgan fingerprint density at radius 1 is 0.854 bits per heavy atom.